The van der Waals surface area contributed by atoms with Crippen LogP contribution in [-0.2, 0) is 26.2 Å². The molecule has 0 aliphatic carbocycles. The number of carbonyl (C=O) groups excluding carboxylic acids is 2. The van der Waals surface area contributed by atoms with Gasteiger partial charge < -0.3 is 10.2 Å². The number of nitrogens with one attached hydrogen (secondary N) is 1. The highest BCUT2D eigenvalue weighted by Gasteiger charge is 2.32. The Morgan fingerprint density at radius 2 is 1.65 bits per heavy atom. The van der Waals surface area contributed by atoms with Gasteiger partial charge in [-0.3, -0.25) is 13.9 Å². The van der Waals surface area contributed by atoms with E-state index in [0.717, 1.165) is 15.9 Å². The molecule has 7 nitrogen and oxygen atoms in total. The highest BCUT2D eigenvalue weighted by atomic mass is 35.5. The van der Waals surface area contributed by atoms with Gasteiger partial charge in [-0.05, 0) is 49.4 Å². The van der Waals surface area contributed by atoms with E-state index in [-0.39, 0.29) is 18.5 Å². The minimum atomic E-state index is -3.85. The van der Waals surface area contributed by atoms with E-state index in [4.69, 9.17) is 23.2 Å². The summed E-state index contributed by atoms with van der Waals surface area (Å²) in [5.74, 6) is -0.836. The van der Waals surface area contributed by atoms with E-state index < -0.39 is 28.5 Å². The van der Waals surface area contributed by atoms with Gasteiger partial charge in [0.25, 0.3) is 0 Å². The molecule has 3 aromatic rings. The maximum absolute atomic E-state index is 13.8. The summed E-state index contributed by atoms with van der Waals surface area (Å²) >= 11 is 12.3. The number of fused-ring (bicyclic) bond motifs is 1. The van der Waals surface area contributed by atoms with Crippen LogP contribution in [0.25, 0.3) is 10.8 Å². The smallest absolute Gasteiger partial charge is 0.244 e. The minimum Gasteiger partial charge on any atom is -0.352 e. The van der Waals surface area contributed by atoms with Crippen LogP contribution in [0.3, 0.4) is 0 Å². The number of carbonyl (C=O) groups is 2. The summed E-state index contributed by atoms with van der Waals surface area (Å²) < 4.78 is 27.0. The van der Waals surface area contributed by atoms with E-state index in [1.165, 1.54) is 4.90 Å². The van der Waals surface area contributed by atoms with E-state index in [2.05, 4.69) is 5.32 Å². The maximum atomic E-state index is 13.8. The summed E-state index contributed by atoms with van der Waals surface area (Å²) in [6.07, 6.45) is 1.40. The highest BCUT2D eigenvalue weighted by Crippen LogP contribution is 2.29. The summed E-state index contributed by atoms with van der Waals surface area (Å²) in [7, 11) is -3.85. The van der Waals surface area contributed by atoms with Crippen molar-refractivity contribution in [2.75, 3.05) is 17.1 Å². The molecule has 0 radical (unpaired) electrons. The lowest BCUT2D eigenvalue weighted by Gasteiger charge is -2.33. The first-order valence-electron chi connectivity index (χ1n) is 11.9. The topological polar surface area (TPSA) is 86.8 Å². The molecule has 198 valence electrons. The standard InChI is InChI=1S/C27H31Cl2N3O4S/c1-5-24(27(34)30-18(2)3)31(16-19-13-14-22(28)23(29)15-19)26(33)17-32(37(4,35)36)25-12-8-10-20-9-6-7-11-21(20)25/h6-15,18,24H,5,16-17H2,1-4H3,(H,30,34). The van der Waals surface area contributed by atoms with E-state index >= 15 is 0 Å². The summed E-state index contributed by atoms with van der Waals surface area (Å²) in [4.78, 5) is 28.3. The molecule has 0 bridgehead atoms. The first kappa shape index (κ1) is 28.8. The zero-order valence-corrected chi connectivity index (χ0v) is 23.6. The molecule has 0 saturated heterocycles. The Bertz CT molecular complexity index is 1390. The van der Waals surface area contributed by atoms with Crippen LogP contribution in [0.2, 0.25) is 10.0 Å². The molecular formula is C27H31Cl2N3O4S. The lowest BCUT2D eigenvalue weighted by atomic mass is 10.1. The van der Waals surface area contributed by atoms with E-state index in [1.54, 1.807) is 37.3 Å². The van der Waals surface area contributed by atoms with Crippen LogP contribution in [-0.4, -0.2) is 50.0 Å². The number of benzene rings is 3. The predicted molar refractivity (Wildman–Crippen MR) is 151 cm³/mol. The van der Waals surface area contributed by atoms with Crippen molar-refractivity contribution in [2.45, 2.75) is 45.8 Å². The largest absolute Gasteiger partial charge is 0.352 e. The average Bonchev–Trinajstić information content (AvgIpc) is 2.83. The van der Waals surface area contributed by atoms with E-state index in [9.17, 15) is 18.0 Å². The lowest BCUT2D eigenvalue weighted by Crippen LogP contribution is -2.53. The molecule has 1 unspecified atom stereocenters. The van der Waals surface area contributed by atoms with Crippen molar-refractivity contribution in [2.24, 2.45) is 0 Å². The number of anilines is 1. The molecule has 2 amide bonds. The maximum Gasteiger partial charge on any atom is 0.244 e. The zero-order chi connectivity index (χ0) is 27.3. The van der Waals surface area contributed by atoms with E-state index in [1.807, 2.05) is 44.2 Å². The fourth-order valence-corrected chi connectivity index (χ4v) is 5.34. The number of nitrogens with zero attached hydrogens (tertiary/aromatic N) is 2. The quantitative estimate of drug-likeness (QED) is 0.365. The average molecular weight is 565 g/mol. The number of sulfonamides is 1. The zero-order valence-electron chi connectivity index (χ0n) is 21.2. The summed E-state index contributed by atoms with van der Waals surface area (Å²) in [6.45, 7) is 5.05. The molecule has 1 atom stereocenters. The second kappa shape index (κ2) is 12.2. The third-order valence-corrected chi connectivity index (χ3v) is 7.73. The van der Waals surface area contributed by atoms with Crippen molar-refractivity contribution in [1.82, 2.24) is 10.2 Å². The Balaban J connectivity index is 2.04. The van der Waals surface area contributed by atoms with Crippen LogP contribution in [0, 0.1) is 0 Å². The Morgan fingerprint density at radius 1 is 0.973 bits per heavy atom. The highest BCUT2D eigenvalue weighted by molar-refractivity contribution is 7.92. The van der Waals surface area contributed by atoms with Crippen molar-refractivity contribution in [1.29, 1.82) is 0 Å². The van der Waals surface area contributed by atoms with Gasteiger partial charge in [0.15, 0.2) is 0 Å². The van der Waals surface area contributed by atoms with Crippen LogP contribution in [0.15, 0.2) is 60.7 Å². The normalized spacial score (nSPS) is 12.4. The fourth-order valence-electron chi connectivity index (χ4n) is 4.16. The van der Waals surface area contributed by atoms with Gasteiger partial charge in [-0.15, -0.1) is 0 Å². The molecule has 0 heterocycles. The number of hydrogen-bond acceptors (Lipinski definition) is 4. The van der Waals surface area contributed by atoms with Crippen molar-refractivity contribution in [3.8, 4) is 0 Å². The summed E-state index contributed by atoms with van der Waals surface area (Å²) in [5, 5.41) is 5.09. The van der Waals surface area contributed by atoms with Gasteiger partial charge in [0.05, 0.1) is 22.0 Å². The Labute approximate surface area is 228 Å². The molecular weight excluding hydrogens is 533 g/mol. The minimum absolute atomic E-state index is 0.0485. The molecule has 10 heteroatoms. The van der Waals surface area contributed by atoms with Gasteiger partial charge in [0.1, 0.15) is 12.6 Å². The fraction of sp³-hybridized carbons (Fsp3) is 0.333. The van der Waals surface area contributed by atoms with Gasteiger partial charge in [-0.2, -0.15) is 0 Å². The molecule has 0 aromatic heterocycles. The van der Waals surface area contributed by atoms with Gasteiger partial charge in [0, 0.05) is 18.0 Å². The number of amides is 2. The Hall–Kier alpha value is -2.81. The van der Waals surface area contributed by atoms with Crippen LogP contribution >= 0.6 is 23.2 Å². The first-order valence-corrected chi connectivity index (χ1v) is 14.5. The van der Waals surface area contributed by atoms with Crippen molar-refractivity contribution in [3.63, 3.8) is 0 Å². The summed E-state index contributed by atoms with van der Waals surface area (Å²) in [5.41, 5.74) is 1.05. The SMILES string of the molecule is CCC(C(=O)NC(C)C)N(Cc1ccc(Cl)c(Cl)c1)C(=O)CN(c1cccc2ccccc12)S(C)(=O)=O. The first-order chi connectivity index (χ1) is 17.4. The molecule has 0 aliphatic heterocycles. The van der Waals surface area contributed by atoms with Crippen LogP contribution < -0.4 is 9.62 Å². The Kier molecular flexibility index (Phi) is 9.45. The monoisotopic (exact) mass is 563 g/mol. The molecule has 0 aliphatic rings. The van der Waals surface area contributed by atoms with Crippen LogP contribution in [0.4, 0.5) is 5.69 Å². The molecule has 0 spiro atoms. The number of hydrogen-bond donors (Lipinski definition) is 1. The number of halogens is 2. The predicted octanol–water partition coefficient (Wildman–Crippen LogP) is 5.24. The lowest BCUT2D eigenvalue weighted by molar-refractivity contribution is -0.140. The van der Waals surface area contributed by atoms with Gasteiger partial charge in [-0.25, -0.2) is 8.42 Å². The second-order valence-corrected chi connectivity index (χ2v) is 11.8. The third kappa shape index (κ3) is 7.15. The molecule has 3 rings (SSSR count). The third-order valence-electron chi connectivity index (χ3n) is 5.87. The van der Waals surface area contributed by atoms with Gasteiger partial charge >= 0.3 is 0 Å². The molecule has 0 saturated carbocycles. The molecule has 3 aromatic carbocycles. The molecule has 0 fully saturated rings. The van der Waals surface area contributed by atoms with Crippen LogP contribution in [0.5, 0.6) is 0 Å². The Morgan fingerprint density at radius 3 is 2.27 bits per heavy atom. The van der Waals surface area contributed by atoms with Gasteiger partial charge in [-0.1, -0.05) is 72.6 Å². The van der Waals surface area contributed by atoms with Gasteiger partial charge in [0.2, 0.25) is 21.8 Å². The molecule has 37 heavy (non-hydrogen) atoms. The second-order valence-electron chi connectivity index (χ2n) is 9.13. The van der Waals surface area contributed by atoms with Crippen molar-refractivity contribution in [3.05, 3.63) is 76.3 Å². The van der Waals surface area contributed by atoms with Crippen molar-refractivity contribution >= 4 is 61.5 Å². The molecule has 1 N–H and O–H groups in total. The van der Waals surface area contributed by atoms with E-state index in [0.29, 0.717) is 33.1 Å². The van der Waals surface area contributed by atoms with Crippen LogP contribution in [0.1, 0.15) is 32.8 Å². The number of rotatable bonds is 10. The van der Waals surface area contributed by atoms with Crippen molar-refractivity contribution < 1.29 is 18.0 Å². The summed E-state index contributed by atoms with van der Waals surface area (Å²) in [6, 6.07) is 16.7.